The lowest BCUT2D eigenvalue weighted by molar-refractivity contribution is -0.0856. The monoisotopic (exact) mass is 535 g/mol. The van der Waals surface area contributed by atoms with E-state index in [4.69, 9.17) is 11.6 Å². The molecule has 0 radical (unpaired) electrons. The summed E-state index contributed by atoms with van der Waals surface area (Å²) in [5.74, 6) is -5.96. The van der Waals surface area contributed by atoms with Crippen LogP contribution in [0.15, 0.2) is 12.1 Å². The molecule has 1 aliphatic heterocycles. The second-order valence-corrected chi connectivity index (χ2v) is 11.0. The van der Waals surface area contributed by atoms with Crippen molar-refractivity contribution in [3.05, 3.63) is 34.4 Å². The average molecular weight is 536 g/mol. The van der Waals surface area contributed by atoms with Gasteiger partial charge in [0, 0.05) is 51.1 Å². The van der Waals surface area contributed by atoms with Crippen molar-refractivity contribution in [2.75, 3.05) is 38.5 Å². The van der Waals surface area contributed by atoms with Gasteiger partial charge in [-0.1, -0.05) is 11.6 Å². The van der Waals surface area contributed by atoms with Gasteiger partial charge in [0.25, 0.3) is 5.91 Å². The normalized spacial score (nSPS) is 21.3. The molecule has 1 amide bonds. The molecule has 188 valence electrons. The minimum atomic E-state index is -3.35. The van der Waals surface area contributed by atoms with Gasteiger partial charge in [-0.25, -0.2) is 26.0 Å². The molecule has 2 aliphatic rings. The fourth-order valence-electron chi connectivity index (χ4n) is 4.35. The Kier molecular flexibility index (Phi) is 9.06. The highest BCUT2D eigenvalue weighted by Crippen LogP contribution is 2.42. The second-order valence-electron chi connectivity index (χ2n) is 8.30. The van der Waals surface area contributed by atoms with Gasteiger partial charge in [-0.15, -0.1) is 12.4 Å². The molecule has 0 unspecified atom stereocenters. The van der Waals surface area contributed by atoms with E-state index in [1.54, 1.807) is 6.92 Å². The van der Waals surface area contributed by atoms with Gasteiger partial charge >= 0.3 is 0 Å². The molecule has 0 atom stereocenters. The molecule has 1 aromatic rings. The molecule has 1 saturated carbocycles. The molecule has 0 aromatic heterocycles. The third-order valence-electron chi connectivity index (χ3n) is 6.41. The van der Waals surface area contributed by atoms with E-state index in [0.29, 0.717) is 25.2 Å². The van der Waals surface area contributed by atoms with Crippen LogP contribution in [0.4, 0.5) is 17.6 Å². The number of piperazine rings is 1. The largest absolute Gasteiger partial charge is 0.350 e. The predicted octanol–water partition coefficient (Wildman–Crippen LogP) is 3.69. The van der Waals surface area contributed by atoms with Gasteiger partial charge in [0.2, 0.25) is 15.9 Å². The number of hydrogen-bond acceptors (Lipinski definition) is 4. The third-order valence-corrected chi connectivity index (χ3v) is 8.61. The van der Waals surface area contributed by atoms with Crippen LogP contribution in [0.5, 0.6) is 0 Å². The molecule has 1 saturated heterocycles. The van der Waals surface area contributed by atoms with E-state index in [1.165, 1.54) is 4.31 Å². The van der Waals surface area contributed by atoms with Crippen LogP contribution in [0.25, 0.3) is 0 Å². The molecular weight excluding hydrogens is 509 g/mol. The predicted molar refractivity (Wildman–Crippen MR) is 120 cm³/mol. The number of benzene rings is 1. The Morgan fingerprint density at radius 1 is 1.06 bits per heavy atom. The zero-order valence-corrected chi connectivity index (χ0v) is 20.4. The van der Waals surface area contributed by atoms with E-state index in [1.807, 2.05) is 4.90 Å². The molecule has 0 spiro atoms. The van der Waals surface area contributed by atoms with Crippen molar-refractivity contribution in [3.8, 4) is 0 Å². The molecular formula is C20H27Cl2F4N3O3S. The van der Waals surface area contributed by atoms with Crippen LogP contribution in [0, 0.1) is 11.6 Å². The van der Waals surface area contributed by atoms with Crippen molar-refractivity contribution in [2.45, 2.75) is 44.1 Å². The van der Waals surface area contributed by atoms with Crippen molar-refractivity contribution in [1.29, 1.82) is 0 Å². The number of sulfonamides is 1. The number of alkyl halides is 2. The zero-order valence-electron chi connectivity index (χ0n) is 18.1. The minimum absolute atomic E-state index is 0. The maximum absolute atomic E-state index is 13.9. The van der Waals surface area contributed by atoms with Crippen molar-refractivity contribution in [1.82, 2.24) is 14.5 Å². The van der Waals surface area contributed by atoms with E-state index in [-0.39, 0.29) is 74.1 Å². The Morgan fingerprint density at radius 2 is 1.61 bits per heavy atom. The maximum Gasteiger partial charge on any atom is 0.252 e. The van der Waals surface area contributed by atoms with Gasteiger partial charge in [-0.3, -0.25) is 9.69 Å². The molecule has 6 nitrogen and oxygen atoms in total. The number of rotatable bonds is 6. The molecule has 33 heavy (non-hydrogen) atoms. The Balaban J connectivity index is 0.00000385. The lowest BCUT2D eigenvalue weighted by atomic mass is 9.78. The molecule has 13 heteroatoms. The van der Waals surface area contributed by atoms with Gasteiger partial charge in [0.1, 0.15) is 0 Å². The molecule has 1 aliphatic carbocycles. The van der Waals surface area contributed by atoms with Gasteiger partial charge < -0.3 is 5.32 Å². The van der Waals surface area contributed by atoms with Crippen LogP contribution in [-0.4, -0.2) is 73.5 Å². The Labute approximate surface area is 202 Å². The quantitative estimate of drug-likeness (QED) is 0.445. The van der Waals surface area contributed by atoms with Gasteiger partial charge in [0.05, 0.1) is 16.3 Å². The second kappa shape index (κ2) is 10.6. The summed E-state index contributed by atoms with van der Waals surface area (Å²) < 4.78 is 80.3. The first-order valence-electron chi connectivity index (χ1n) is 10.4. The number of halogens is 6. The molecule has 3 rings (SSSR count). The summed E-state index contributed by atoms with van der Waals surface area (Å²) in [4.78, 5) is 14.6. The first-order chi connectivity index (χ1) is 14.9. The summed E-state index contributed by atoms with van der Waals surface area (Å²) >= 11 is 5.87. The van der Waals surface area contributed by atoms with Crippen molar-refractivity contribution in [2.24, 2.45) is 0 Å². The van der Waals surface area contributed by atoms with E-state index < -0.39 is 39.0 Å². The van der Waals surface area contributed by atoms with Crippen molar-refractivity contribution >= 4 is 39.9 Å². The van der Waals surface area contributed by atoms with Crippen molar-refractivity contribution < 1.29 is 30.8 Å². The lowest BCUT2D eigenvalue weighted by Gasteiger charge is -2.50. The number of nitrogens with one attached hydrogen (secondary N) is 1. The smallest absolute Gasteiger partial charge is 0.252 e. The van der Waals surface area contributed by atoms with E-state index >= 15 is 0 Å². The Bertz CT molecular complexity index is 964. The highest BCUT2D eigenvalue weighted by molar-refractivity contribution is 7.89. The number of nitrogens with zero attached hydrogens (tertiary/aromatic N) is 2. The maximum atomic E-state index is 13.9. The number of carbonyl (C=O) groups is 1. The fourth-order valence-corrected chi connectivity index (χ4v) is 5.67. The Morgan fingerprint density at radius 3 is 2.15 bits per heavy atom. The van der Waals surface area contributed by atoms with Crippen LogP contribution in [0.1, 0.15) is 43.0 Å². The molecule has 1 aromatic carbocycles. The zero-order chi connectivity index (χ0) is 23.7. The summed E-state index contributed by atoms with van der Waals surface area (Å²) in [6, 6.07) is 1.40. The highest BCUT2D eigenvalue weighted by Gasteiger charge is 2.47. The van der Waals surface area contributed by atoms with Crippen LogP contribution in [-0.2, 0) is 10.0 Å². The van der Waals surface area contributed by atoms with Crippen LogP contribution in [0.2, 0.25) is 5.02 Å². The van der Waals surface area contributed by atoms with Crippen molar-refractivity contribution in [3.63, 3.8) is 0 Å². The summed E-state index contributed by atoms with van der Waals surface area (Å²) in [6.07, 6.45) is -0.511. The van der Waals surface area contributed by atoms with Crippen LogP contribution >= 0.6 is 24.0 Å². The number of hydrogen-bond donors (Lipinski definition) is 1. The van der Waals surface area contributed by atoms with Crippen LogP contribution in [0.3, 0.4) is 0 Å². The summed E-state index contributed by atoms with van der Waals surface area (Å²) in [5.41, 5.74) is -1.05. The molecule has 0 bridgehead atoms. The van der Waals surface area contributed by atoms with Gasteiger partial charge in [0.15, 0.2) is 11.6 Å². The van der Waals surface area contributed by atoms with E-state index in [0.717, 1.165) is 0 Å². The first kappa shape index (κ1) is 28.1. The summed E-state index contributed by atoms with van der Waals surface area (Å²) in [6.45, 7) is 2.71. The van der Waals surface area contributed by atoms with E-state index in [2.05, 4.69) is 5.32 Å². The SMILES string of the molecule is CCS(=O)(=O)N1CCN(C2(CNC(=O)c3cc(F)c(F)cc3Cl)CCC(F)(F)CC2)CC1.Cl. The van der Waals surface area contributed by atoms with Gasteiger partial charge in [-0.2, -0.15) is 4.31 Å². The van der Waals surface area contributed by atoms with Gasteiger partial charge in [-0.05, 0) is 31.9 Å². The lowest BCUT2D eigenvalue weighted by Crippen LogP contribution is -2.63. The van der Waals surface area contributed by atoms with Crippen LogP contribution < -0.4 is 5.32 Å². The highest BCUT2D eigenvalue weighted by atomic mass is 35.5. The number of carbonyl (C=O) groups excluding carboxylic acids is 1. The standard InChI is InChI=1S/C20H26ClF4N3O3S.ClH/c1-2-32(30,31)28-9-7-27(8-10-28)19(3-5-20(24,25)6-4-19)13-26-18(29)14-11-16(22)17(23)12-15(14)21;/h11-12H,2-10,13H2,1H3,(H,26,29);1H. The minimum Gasteiger partial charge on any atom is -0.350 e. The topological polar surface area (TPSA) is 69.7 Å². The summed E-state index contributed by atoms with van der Waals surface area (Å²) in [7, 11) is -3.35. The first-order valence-corrected chi connectivity index (χ1v) is 12.4. The Hall–Kier alpha value is -1.14. The van der Waals surface area contributed by atoms with E-state index in [9.17, 15) is 30.8 Å². The molecule has 1 N–H and O–H groups in total. The number of amides is 1. The molecule has 2 fully saturated rings. The third kappa shape index (κ3) is 6.30. The summed E-state index contributed by atoms with van der Waals surface area (Å²) in [5, 5.41) is 2.38. The molecule has 1 heterocycles. The average Bonchev–Trinajstić information content (AvgIpc) is 2.76. The fraction of sp³-hybridized carbons (Fsp3) is 0.650.